The number of amides is 2. The van der Waals surface area contributed by atoms with E-state index in [1.807, 2.05) is 13.8 Å². The van der Waals surface area contributed by atoms with Crippen molar-refractivity contribution in [2.24, 2.45) is 0 Å². The maximum atomic E-state index is 13.4. The van der Waals surface area contributed by atoms with Crippen LogP contribution in [0.4, 0.5) is 32.3 Å². The van der Waals surface area contributed by atoms with Crippen molar-refractivity contribution in [3.05, 3.63) is 35.8 Å². The molecule has 1 aromatic heterocycles. The van der Waals surface area contributed by atoms with Crippen LogP contribution < -0.4 is 15.2 Å². The highest BCUT2D eigenvalue weighted by Gasteiger charge is 2.39. The third kappa shape index (κ3) is 3.12. The number of hydrogen-bond donors (Lipinski definition) is 1. The summed E-state index contributed by atoms with van der Waals surface area (Å²) in [5.41, 5.74) is 2.22. The number of benzene rings is 1. The largest absolute Gasteiger partial charge is 0.343 e. The fourth-order valence-corrected chi connectivity index (χ4v) is 4.01. The highest BCUT2D eigenvalue weighted by atomic mass is 19.1. The number of fused-ring (bicyclic) bond motifs is 1. The summed E-state index contributed by atoms with van der Waals surface area (Å²) in [7, 11) is 1.75. The standard InChI is InChI=1S/C20H25FN6O/c1-4-26-20(28)25(3)17-12-22-19(23-16-10-9-14(21)11-13(16)2)24-18(17)27(26)15-7-5-6-8-15/h9-12,15H,4-8H2,1-3H3,(H,22,23,24). The van der Waals surface area contributed by atoms with E-state index in [0.717, 1.165) is 42.8 Å². The molecule has 148 valence electrons. The van der Waals surface area contributed by atoms with Gasteiger partial charge in [0.1, 0.15) is 11.5 Å². The average Bonchev–Trinajstić information content (AvgIpc) is 3.21. The Labute approximate surface area is 164 Å². The lowest BCUT2D eigenvalue weighted by Gasteiger charge is -2.45. The lowest BCUT2D eigenvalue weighted by atomic mass is 10.2. The zero-order valence-electron chi connectivity index (χ0n) is 16.4. The maximum Gasteiger partial charge on any atom is 0.343 e. The summed E-state index contributed by atoms with van der Waals surface area (Å²) < 4.78 is 13.4. The molecule has 2 heterocycles. The van der Waals surface area contributed by atoms with Gasteiger partial charge in [-0.1, -0.05) is 12.8 Å². The number of nitrogens with zero attached hydrogens (tertiary/aromatic N) is 5. The number of carbonyl (C=O) groups excluding carboxylic acids is 1. The van der Waals surface area contributed by atoms with Gasteiger partial charge in [0.25, 0.3) is 0 Å². The van der Waals surface area contributed by atoms with Crippen molar-refractivity contribution in [1.82, 2.24) is 15.0 Å². The second kappa shape index (κ2) is 7.26. The van der Waals surface area contributed by atoms with Crippen molar-refractivity contribution in [2.75, 3.05) is 28.8 Å². The fourth-order valence-electron chi connectivity index (χ4n) is 4.01. The fraction of sp³-hybridized carbons (Fsp3) is 0.450. The Hall–Kier alpha value is -2.90. The zero-order valence-corrected chi connectivity index (χ0v) is 16.4. The number of hydrogen-bond acceptors (Lipinski definition) is 5. The highest BCUT2D eigenvalue weighted by Crippen LogP contribution is 2.38. The van der Waals surface area contributed by atoms with Gasteiger partial charge >= 0.3 is 6.03 Å². The van der Waals surface area contributed by atoms with Crippen molar-refractivity contribution in [3.63, 3.8) is 0 Å². The topological polar surface area (TPSA) is 64.6 Å². The molecule has 1 N–H and O–H groups in total. The van der Waals surface area contributed by atoms with Crippen LogP contribution in [0.25, 0.3) is 0 Å². The van der Waals surface area contributed by atoms with Crippen molar-refractivity contribution < 1.29 is 9.18 Å². The minimum atomic E-state index is -0.277. The van der Waals surface area contributed by atoms with Crippen LogP contribution in [0.1, 0.15) is 38.2 Å². The van der Waals surface area contributed by atoms with Gasteiger partial charge < -0.3 is 5.32 Å². The number of anilines is 4. The Balaban J connectivity index is 1.74. The van der Waals surface area contributed by atoms with Gasteiger partial charge in [0.2, 0.25) is 5.95 Å². The number of carbonyl (C=O) groups is 1. The summed E-state index contributed by atoms with van der Waals surface area (Å²) in [5, 5.41) is 6.99. The number of urea groups is 1. The zero-order chi connectivity index (χ0) is 19.8. The predicted octanol–water partition coefficient (Wildman–Crippen LogP) is 4.22. The summed E-state index contributed by atoms with van der Waals surface area (Å²) in [5.74, 6) is 0.879. The summed E-state index contributed by atoms with van der Waals surface area (Å²) >= 11 is 0. The average molecular weight is 384 g/mol. The highest BCUT2D eigenvalue weighted by molar-refractivity contribution is 5.98. The molecule has 4 rings (SSSR count). The van der Waals surface area contributed by atoms with Crippen molar-refractivity contribution in [2.45, 2.75) is 45.6 Å². The summed E-state index contributed by atoms with van der Waals surface area (Å²) in [6.07, 6.45) is 6.07. The Morgan fingerprint density at radius 1 is 1.29 bits per heavy atom. The van der Waals surface area contributed by atoms with Crippen LogP contribution in [0.5, 0.6) is 0 Å². The molecule has 28 heavy (non-hydrogen) atoms. The second-order valence-electron chi connectivity index (χ2n) is 7.33. The first-order valence-corrected chi connectivity index (χ1v) is 9.74. The quantitative estimate of drug-likeness (QED) is 0.855. The van der Waals surface area contributed by atoms with E-state index in [-0.39, 0.29) is 17.9 Å². The number of aryl methyl sites for hydroxylation is 1. The Morgan fingerprint density at radius 3 is 2.71 bits per heavy atom. The van der Waals surface area contributed by atoms with E-state index >= 15 is 0 Å². The Bertz CT molecular complexity index is 898. The molecule has 1 aromatic carbocycles. The van der Waals surface area contributed by atoms with E-state index in [1.54, 1.807) is 29.2 Å². The molecule has 8 heteroatoms. The van der Waals surface area contributed by atoms with Crippen molar-refractivity contribution in [3.8, 4) is 0 Å². The van der Waals surface area contributed by atoms with E-state index in [2.05, 4.69) is 15.3 Å². The SMILES string of the molecule is CCN1C(=O)N(C)c2cnc(Nc3ccc(F)cc3C)nc2N1C1CCCC1. The van der Waals surface area contributed by atoms with Crippen LogP contribution in [0.2, 0.25) is 0 Å². The molecule has 0 unspecified atom stereocenters. The molecule has 2 aromatic rings. The first-order valence-electron chi connectivity index (χ1n) is 9.74. The molecular formula is C20H25FN6O. The van der Waals surface area contributed by atoms with Crippen molar-refractivity contribution >= 4 is 29.2 Å². The van der Waals surface area contributed by atoms with Gasteiger partial charge in [0.15, 0.2) is 5.82 Å². The lowest BCUT2D eigenvalue weighted by Crippen LogP contribution is -2.59. The normalized spacial score (nSPS) is 17.3. The van der Waals surface area contributed by atoms with Crippen LogP contribution in [0, 0.1) is 12.7 Å². The van der Waals surface area contributed by atoms with Gasteiger partial charge in [-0.15, -0.1) is 0 Å². The van der Waals surface area contributed by atoms with Crippen LogP contribution >= 0.6 is 0 Å². The minimum absolute atomic E-state index is 0.0689. The van der Waals surface area contributed by atoms with Crippen LogP contribution in [-0.2, 0) is 0 Å². The molecule has 7 nitrogen and oxygen atoms in total. The minimum Gasteiger partial charge on any atom is -0.324 e. The van der Waals surface area contributed by atoms with E-state index < -0.39 is 0 Å². The second-order valence-corrected chi connectivity index (χ2v) is 7.33. The molecule has 2 amide bonds. The number of rotatable bonds is 4. The monoisotopic (exact) mass is 384 g/mol. The van der Waals surface area contributed by atoms with Gasteiger partial charge in [0.05, 0.1) is 12.2 Å². The lowest BCUT2D eigenvalue weighted by molar-refractivity contribution is 0.191. The molecule has 0 saturated heterocycles. The smallest absolute Gasteiger partial charge is 0.324 e. The molecule has 0 bridgehead atoms. The predicted molar refractivity (Wildman–Crippen MR) is 107 cm³/mol. The van der Waals surface area contributed by atoms with Crippen LogP contribution in [0.15, 0.2) is 24.4 Å². The first kappa shape index (κ1) is 18.5. The molecule has 1 saturated carbocycles. The molecule has 0 atom stereocenters. The number of aromatic nitrogens is 2. The molecule has 1 aliphatic heterocycles. The van der Waals surface area contributed by atoms with Crippen LogP contribution in [0.3, 0.4) is 0 Å². The molecule has 1 fully saturated rings. The van der Waals surface area contributed by atoms with Gasteiger partial charge in [0, 0.05) is 19.3 Å². The van der Waals surface area contributed by atoms with Gasteiger partial charge in [-0.05, 0) is 50.5 Å². The molecular weight excluding hydrogens is 359 g/mol. The summed E-state index contributed by atoms with van der Waals surface area (Å²) in [6.45, 7) is 4.38. The third-order valence-corrected chi connectivity index (χ3v) is 5.50. The molecule has 0 spiro atoms. The number of halogens is 1. The van der Waals surface area contributed by atoms with Crippen molar-refractivity contribution in [1.29, 1.82) is 0 Å². The first-order chi connectivity index (χ1) is 13.5. The molecule has 0 radical (unpaired) electrons. The third-order valence-electron chi connectivity index (χ3n) is 5.50. The summed E-state index contributed by atoms with van der Waals surface area (Å²) in [4.78, 5) is 23.6. The van der Waals surface area contributed by atoms with E-state index in [4.69, 9.17) is 4.98 Å². The van der Waals surface area contributed by atoms with E-state index in [1.165, 1.54) is 12.1 Å². The van der Waals surface area contributed by atoms with Gasteiger partial charge in [-0.3, -0.25) is 9.91 Å². The van der Waals surface area contributed by atoms with Gasteiger partial charge in [-0.25, -0.2) is 19.2 Å². The van der Waals surface area contributed by atoms with E-state index in [9.17, 15) is 9.18 Å². The number of hydrazine groups is 1. The summed E-state index contributed by atoms with van der Waals surface area (Å²) in [6, 6.07) is 4.74. The van der Waals surface area contributed by atoms with E-state index in [0.29, 0.717) is 18.2 Å². The van der Waals surface area contributed by atoms with Gasteiger partial charge in [-0.2, -0.15) is 4.98 Å². The number of nitrogens with one attached hydrogen (secondary N) is 1. The Morgan fingerprint density at radius 2 is 2.04 bits per heavy atom. The molecule has 2 aliphatic rings. The molecule has 1 aliphatic carbocycles. The maximum absolute atomic E-state index is 13.4. The Kier molecular flexibility index (Phi) is 4.78. The van der Waals surface area contributed by atoms with Crippen LogP contribution in [-0.4, -0.2) is 40.6 Å².